The van der Waals surface area contributed by atoms with Crippen LogP contribution in [0.3, 0.4) is 0 Å². The lowest BCUT2D eigenvalue weighted by atomic mass is 9.63. The summed E-state index contributed by atoms with van der Waals surface area (Å²) >= 11 is 0. The second kappa shape index (κ2) is 21.5. The molecule has 65 heavy (non-hydrogen) atoms. The predicted molar refractivity (Wildman–Crippen MR) is 254 cm³/mol. The molecule has 1 aliphatic heterocycles. The van der Waals surface area contributed by atoms with Crippen LogP contribution < -0.4 is 15.8 Å². The van der Waals surface area contributed by atoms with Crippen molar-refractivity contribution >= 4 is 23.6 Å². The van der Waals surface area contributed by atoms with Crippen molar-refractivity contribution in [3.05, 3.63) is 101 Å². The third-order valence-electron chi connectivity index (χ3n) is 15.0. The Bertz CT molecular complexity index is 2240. The van der Waals surface area contributed by atoms with E-state index in [1.807, 2.05) is 42.6 Å². The Kier molecular flexibility index (Phi) is 15.9. The van der Waals surface area contributed by atoms with Gasteiger partial charge in [0.2, 0.25) is 0 Å². The molecule has 2 aromatic carbocycles. The van der Waals surface area contributed by atoms with Crippen LogP contribution in [0.1, 0.15) is 120 Å². The first-order valence-electron chi connectivity index (χ1n) is 23.9. The summed E-state index contributed by atoms with van der Waals surface area (Å²) in [5, 5.41) is 48.4. The standard InChI is InChI=1S/C54H68N4O7/c1-5-11-44(48(61)28-42-24-39(32-58-42)33(2)30-56-31-34(3)59)38-23-41(54(19-9-10-20-54)40-18-21-57-51(55)27-40)22-36-14-16-43(35-12-7-6-8-13-35)45-29-49(62)50(65-4)26-37(45)15-17-47(60)53(64)52(63)46(36)25-38/h6-8,12-13,18,21,24,26-27,29,32-34,36,38,41,43-44,46,48,53,56,59,61,64H,5,9-11,15,17,19-20,22-23,25,28,30-31H2,1-4H3,(H2-,55,57,62)/p+1. The Balaban J connectivity index is 1.33. The maximum absolute atomic E-state index is 15.0. The van der Waals surface area contributed by atoms with Gasteiger partial charge in [0.25, 0.3) is 0 Å². The summed E-state index contributed by atoms with van der Waals surface area (Å²) < 4.78 is 5.50. The summed E-state index contributed by atoms with van der Waals surface area (Å²) in [6.07, 6.45) is 10.3. The molecule has 7 N–H and O–H groups in total. The van der Waals surface area contributed by atoms with Crippen molar-refractivity contribution < 1.29 is 34.8 Å². The van der Waals surface area contributed by atoms with E-state index in [9.17, 15) is 30.0 Å². The van der Waals surface area contributed by atoms with Gasteiger partial charge in [-0.05, 0) is 128 Å². The smallest absolute Gasteiger partial charge is 0.177 e. The quantitative estimate of drug-likeness (QED) is 0.0509. The Labute approximate surface area is 385 Å². The number of pyridine rings is 1. The van der Waals surface area contributed by atoms with Gasteiger partial charge in [-0.25, -0.2) is 4.98 Å². The predicted octanol–water partition coefficient (Wildman–Crippen LogP) is 7.44. The van der Waals surface area contributed by atoms with Crippen LogP contribution in [0.4, 0.5) is 5.82 Å². The molecule has 3 aromatic rings. The number of methoxy groups -OCH3 is 1. The maximum atomic E-state index is 15.0. The molecule has 346 valence electrons. The first kappa shape index (κ1) is 48.0. The van der Waals surface area contributed by atoms with E-state index in [4.69, 9.17) is 15.5 Å². The van der Waals surface area contributed by atoms with Crippen molar-refractivity contribution in [2.75, 3.05) is 25.9 Å². The number of anilines is 1. The molecule has 11 nitrogen and oxygen atoms in total. The number of carbonyl (C=O) groups excluding carboxylic acids is 2. The summed E-state index contributed by atoms with van der Waals surface area (Å²) in [6.45, 7) is 7.19. The van der Waals surface area contributed by atoms with Gasteiger partial charge in [0.15, 0.2) is 34.9 Å². The third-order valence-corrected chi connectivity index (χ3v) is 15.0. The van der Waals surface area contributed by atoms with Crippen molar-refractivity contribution in [3.8, 4) is 23.3 Å². The van der Waals surface area contributed by atoms with Crippen molar-refractivity contribution in [2.45, 2.75) is 127 Å². The van der Waals surface area contributed by atoms with Gasteiger partial charge in [-0.2, -0.15) is 0 Å². The number of rotatable bonds is 15. The van der Waals surface area contributed by atoms with Crippen LogP contribution in [0.25, 0.3) is 0 Å². The molecule has 2 fully saturated rings. The maximum Gasteiger partial charge on any atom is 0.177 e. The van der Waals surface area contributed by atoms with E-state index in [0.29, 0.717) is 38.2 Å². The van der Waals surface area contributed by atoms with Gasteiger partial charge in [0, 0.05) is 37.5 Å². The number of aliphatic hydroxyl groups is 3. The van der Waals surface area contributed by atoms with Gasteiger partial charge in [-0.15, -0.1) is 4.99 Å². The molecule has 10 atom stereocenters. The van der Waals surface area contributed by atoms with E-state index in [2.05, 4.69) is 48.1 Å². The van der Waals surface area contributed by atoms with Crippen LogP contribution in [-0.2, 0) is 21.4 Å². The number of ether oxygens (including phenoxy) is 1. The lowest BCUT2D eigenvalue weighted by Crippen LogP contribution is -2.39. The summed E-state index contributed by atoms with van der Waals surface area (Å²) in [5.41, 5.74) is 10.5. The molecule has 0 bridgehead atoms. The minimum Gasteiger partial charge on any atom is -0.504 e. The zero-order valence-electron chi connectivity index (χ0n) is 38.6. The lowest BCUT2D eigenvalue weighted by molar-refractivity contribution is -0.142. The Hall–Kier alpha value is -4.99. The van der Waals surface area contributed by atoms with Crippen LogP contribution in [0.5, 0.6) is 11.5 Å². The molecule has 7 rings (SSSR count). The molecule has 4 aliphatic rings. The number of carbonyl (C=O) groups is 2. The minimum atomic E-state index is -1.83. The molecule has 2 heterocycles. The fourth-order valence-corrected chi connectivity index (χ4v) is 11.6. The Morgan fingerprint density at radius 3 is 2.48 bits per heavy atom. The number of phenolic OH excluding ortho intramolecular Hbond substituents is 1. The van der Waals surface area contributed by atoms with E-state index in [-0.39, 0.29) is 53.4 Å². The SMILES string of the molecule is CCCC(C(O)CC1=C[C+](C(C)CNCC(C)O)C=N1)C1CC2C(=O)C(O)C(=O)CCc3cc(OC)c(O)cc3C(c3ccccc3)C#CC2CC(C2(c3ccnc(N)c3)CCCC2)C1. The normalized spacial score (nSPS) is 26.3. The van der Waals surface area contributed by atoms with Crippen LogP contribution in [0, 0.1) is 53.3 Å². The number of phenols is 1. The van der Waals surface area contributed by atoms with Gasteiger partial charge in [-0.1, -0.05) is 68.4 Å². The average Bonchev–Trinajstić information content (AvgIpc) is 3.95. The number of nitrogens with one attached hydrogen (secondary N) is 1. The number of benzene rings is 2. The molecule has 1 aromatic heterocycles. The van der Waals surface area contributed by atoms with Gasteiger partial charge in [0.05, 0.1) is 37.6 Å². The fraction of sp³-hybridized carbons (Fsp3) is 0.537. The van der Waals surface area contributed by atoms with Crippen LogP contribution in [0.15, 0.2) is 77.6 Å². The average molecular weight is 886 g/mol. The first-order chi connectivity index (χ1) is 31.3. The highest BCUT2D eigenvalue weighted by molar-refractivity contribution is 6.06. The van der Waals surface area contributed by atoms with Crippen LogP contribution in [0.2, 0.25) is 0 Å². The summed E-state index contributed by atoms with van der Waals surface area (Å²) in [6, 6.07) is 17.4. The second-order valence-electron chi connectivity index (χ2n) is 19.4. The Morgan fingerprint density at radius 2 is 1.77 bits per heavy atom. The van der Waals surface area contributed by atoms with E-state index in [1.165, 1.54) is 7.11 Å². The summed E-state index contributed by atoms with van der Waals surface area (Å²) in [5.74, 6) is 6.07. The molecule has 0 amide bonds. The highest BCUT2D eigenvalue weighted by atomic mass is 16.5. The number of Topliss-reactive ketones (excluding diaryl/α,β-unsaturated/α-hetero) is 2. The topological polar surface area (TPSA) is 188 Å². The zero-order valence-corrected chi connectivity index (χ0v) is 38.6. The van der Waals surface area contributed by atoms with Crippen molar-refractivity contribution in [2.24, 2.45) is 40.5 Å². The highest BCUT2D eigenvalue weighted by Crippen LogP contribution is 2.55. The number of hydrogen-bond acceptors (Lipinski definition) is 11. The lowest BCUT2D eigenvalue weighted by Gasteiger charge is -2.41. The van der Waals surface area contributed by atoms with Crippen LogP contribution in [-0.4, -0.2) is 81.7 Å². The number of aryl methyl sites for hydroxylation is 1. The number of aliphatic imine (C=N–C) groups is 1. The van der Waals surface area contributed by atoms with E-state index >= 15 is 0 Å². The molecule has 3 aliphatic carbocycles. The van der Waals surface area contributed by atoms with Crippen LogP contribution >= 0.6 is 0 Å². The number of nitrogens with zero attached hydrogens (tertiary/aromatic N) is 2. The second-order valence-corrected chi connectivity index (χ2v) is 19.4. The molecule has 0 radical (unpaired) electrons. The number of nitrogen functional groups attached to an aromatic ring is 1. The number of allylic oxidation sites excluding steroid dienone is 1. The van der Waals surface area contributed by atoms with Gasteiger partial charge >= 0.3 is 0 Å². The van der Waals surface area contributed by atoms with Crippen molar-refractivity contribution in [1.82, 2.24) is 10.3 Å². The monoisotopic (exact) mass is 886 g/mol. The number of aromatic nitrogens is 1. The number of nitrogens with two attached hydrogens (primary N) is 1. The molecule has 10 unspecified atom stereocenters. The highest BCUT2D eigenvalue weighted by Gasteiger charge is 2.50. The number of hydrogen-bond donors (Lipinski definition) is 6. The molecular weight excluding hydrogens is 817 g/mol. The molecule has 0 saturated heterocycles. The summed E-state index contributed by atoms with van der Waals surface area (Å²) in [7, 11) is 1.48. The number of aliphatic hydroxyl groups excluding tert-OH is 3. The van der Waals surface area contributed by atoms with E-state index in [1.54, 1.807) is 25.3 Å². The van der Waals surface area contributed by atoms with Gasteiger partial charge < -0.3 is 36.2 Å². The molecule has 0 spiro atoms. The van der Waals surface area contributed by atoms with Crippen molar-refractivity contribution in [1.29, 1.82) is 0 Å². The number of ketones is 2. The van der Waals surface area contributed by atoms with Crippen molar-refractivity contribution in [3.63, 3.8) is 0 Å². The largest absolute Gasteiger partial charge is 0.504 e. The third kappa shape index (κ3) is 11.0. The zero-order chi connectivity index (χ0) is 46.3. The van der Waals surface area contributed by atoms with E-state index < -0.39 is 47.6 Å². The molecular formula is C54H69N4O7+. The fourth-order valence-electron chi connectivity index (χ4n) is 11.6. The van der Waals surface area contributed by atoms with Gasteiger partial charge in [-0.3, -0.25) is 9.59 Å². The van der Waals surface area contributed by atoms with Gasteiger partial charge in [0.1, 0.15) is 24.0 Å². The minimum absolute atomic E-state index is 0.0237. The Morgan fingerprint density at radius 1 is 1.00 bits per heavy atom. The number of fused-ring (bicyclic) bond motifs is 2. The van der Waals surface area contributed by atoms with E-state index in [0.717, 1.165) is 78.8 Å². The molecule has 2 saturated carbocycles. The summed E-state index contributed by atoms with van der Waals surface area (Å²) in [4.78, 5) is 38.1. The first-order valence-corrected chi connectivity index (χ1v) is 23.9. The number of aromatic hydroxyl groups is 1. The molecule has 11 heteroatoms.